The number of H-pyrrole nitrogens is 1. The topological polar surface area (TPSA) is 106 Å². The van der Waals surface area contributed by atoms with Crippen LogP contribution in [0.15, 0.2) is 12.5 Å². The lowest BCUT2D eigenvalue weighted by Gasteiger charge is -2.14. The van der Waals surface area contributed by atoms with E-state index >= 15 is 0 Å². The highest BCUT2D eigenvalue weighted by Crippen LogP contribution is 2.31. The molecule has 1 fully saturated rings. The van der Waals surface area contributed by atoms with E-state index in [0.717, 1.165) is 29.4 Å². The van der Waals surface area contributed by atoms with Crippen molar-refractivity contribution in [2.45, 2.75) is 38.3 Å². The Balaban J connectivity index is 1.70. The second-order valence-electron chi connectivity index (χ2n) is 5.26. The Hall–Kier alpha value is -2.15. The molecule has 0 bridgehead atoms. The fraction of sp³-hybridized carbons (Fsp3) is 0.500. The molecule has 0 amide bonds. The molecule has 0 aromatic carbocycles. The number of nitrogens with zero attached hydrogens (tertiary/aromatic N) is 2. The van der Waals surface area contributed by atoms with Crippen LogP contribution in [0.1, 0.15) is 37.8 Å². The molecule has 3 heterocycles. The summed E-state index contributed by atoms with van der Waals surface area (Å²) < 4.78 is 5.19. The number of carbonyl (C=O) groups is 1. The van der Waals surface area contributed by atoms with E-state index < -0.39 is 0 Å². The molecule has 0 aliphatic carbocycles. The molecule has 7 heteroatoms. The summed E-state index contributed by atoms with van der Waals surface area (Å²) >= 11 is 0. The largest absolute Gasteiger partial charge is 0.464 e. The number of nitrogens with one attached hydrogen (secondary N) is 2. The van der Waals surface area contributed by atoms with Crippen LogP contribution in [0.2, 0.25) is 0 Å². The third kappa shape index (κ3) is 2.69. The van der Waals surface area contributed by atoms with Crippen LogP contribution >= 0.6 is 0 Å². The van der Waals surface area contributed by atoms with Crippen LogP contribution in [0, 0.1) is 0 Å². The molecule has 2 aromatic heterocycles. The van der Waals surface area contributed by atoms with Crippen LogP contribution in [-0.4, -0.2) is 33.6 Å². The van der Waals surface area contributed by atoms with E-state index in [4.69, 9.17) is 10.5 Å². The molecule has 21 heavy (non-hydrogen) atoms. The van der Waals surface area contributed by atoms with Crippen molar-refractivity contribution < 1.29 is 9.53 Å². The van der Waals surface area contributed by atoms with E-state index in [1.165, 1.54) is 6.33 Å². The number of aromatic nitrogens is 3. The van der Waals surface area contributed by atoms with E-state index in [0.29, 0.717) is 18.8 Å². The number of carbonyl (C=O) groups excluding carboxylic acids is 1. The van der Waals surface area contributed by atoms with Gasteiger partial charge in [0, 0.05) is 30.3 Å². The Morgan fingerprint density at radius 3 is 3.14 bits per heavy atom. The van der Waals surface area contributed by atoms with Gasteiger partial charge < -0.3 is 20.8 Å². The molecule has 1 aliphatic rings. The minimum atomic E-state index is -0.159. The van der Waals surface area contributed by atoms with Crippen LogP contribution in [0.5, 0.6) is 0 Å². The summed E-state index contributed by atoms with van der Waals surface area (Å²) in [5.74, 6) is 0.297. The fourth-order valence-corrected chi connectivity index (χ4v) is 2.74. The molecule has 7 nitrogen and oxygen atoms in total. The van der Waals surface area contributed by atoms with Gasteiger partial charge in [-0.05, 0) is 12.8 Å². The molecular weight excluding hydrogens is 270 g/mol. The molecular formula is C14H19N5O2. The van der Waals surface area contributed by atoms with E-state index in [1.807, 2.05) is 6.20 Å². The van der Waals surface area contributed by atoms with Gasteiger partial charge in [-0.1, -0.05) is 6.92 Å². The van der Waals surface area contributed by atoms with Gasteiger partial charge in [-0.3, -0.25) is 4.79 Å². The Morgan fingerprint density at radius 1 is 1.48 bits per heavy atom. The second-order valence-corrected chi connectivity index (χ2v) is 5.26. The first kappa shape index (κ1) is 13.8. The van der Waals surface area contributed by atoms with Crippen molar-refractivity contribution in [2.75, 3.05) is 12.3 Å². The Morgan fingerprint density at radius 2 is 2.33 bits per heavy atom. The third-order valence-electron chi connectivity index (χ3n) is 3.87. The van der Waals surface area contributed by atoms with Crippen LogP contribution < -0.4 is 11.1 Å². The van der Waals surface area contributed by atoms with Gasteiger partial charge in [0.1, 0.15) is 18.5 Å². The van der Waals surface area contributed by atoms with Crippen molar-refractivity contribution >= 4 is 22.8 Å². The highest BCUT2D eigenvalue weighted by atomic mass is 16.5. The third-order valence-corrected chi connectivity index (χ3v) is 3.87. The van der Waals surface area contributed by atoms with Crippen LogP contribution in [0.25, 0.3) is 11.0 Å². The van der Waals surface area contributed by atoms with Gasteiger partial charge >= 0.3 is 5.97 Å². The molecule has 0 spiro atoms. The zero-order chi connectivity index (χ0) is 14.8. The van der Waals surface area contributed by atoms with Crippen molar-refractivity contribution in [3.8, 4) is 0 Å². The Kier molecular flexibility index (Phi) is 3.74. The Bertz CT molecular complexity index is 654. The van der Waals surface area contributed by atoms with Crippen molar-refractivity contribution in [2.24, 2.45) is 0 Å². The summed E-state index contributed by atoms with van der Waals surface area (Å²) in [5, 5.41) is 3.49. The highest BCUT2D eigenvalue weighted by Gasteiger charge is 2.28. The van der Waals surface area contributed by atoms with Crippen molar-refractivity contribution in [1.82, 2.24) is 20.3 Å². The average molecular weight is 289 g/mol. The highest BCUT2D eigenvalue weighted by molar-refractivity contribution is 5.87. The van der Waals surface area contributed by atoms with Crippen LogP contribution in [-0.2, 0) is 9.53 Å². The predicted octanol–water partition coefficient (Wildman–Crippen LogP) is 1.29. The second kappa shape index (κ2) is 5.69. The molecule has 3 rings (SSSR count). The zero-order valence-corrected chi connectivity index (χ0v) is 11.9. The van der Waals surface area contributed by atoms with Crippen molar-refractivity contribution in [3.63, 3.8) is 0 Å². The molecule has 2 atom stereocenters. The molecule has 2 unspecified atom stereocenters. The fourth-order valence-electron chi connectivity index (χ4n) is 2.74. The number of anilines is 1. The van der Waals surface area contributed by atoms with Gasteiger partial charge in [0.2, 0.25) is 0 Å². The number of fused-ring (bicyclic) bond motifs is 1. The summed E-state index contributed by atoms with van der Waals surface area (Å²) in [4.78, 5) is 22.6. The van der Waals surface area contributed by atoms with Gasteiger partial charge in [0.15, 0.2) is 5.82 Å². The maximum atomic E-state index is 11.2. The molecule has 2 aromatic rings. The van der Waals surface area contributed by atoms with Gasteiger partial charge in [-0.25, -0.2) is 9.97 Å². The average Bonchev–Trinajstić information content (AvgIpc) is 3.11. The number of esters is 1. The zero-order valence-electron chi connectivity index (χ0n) is 11.9. The van der Waals surface area contributed by atoms with Gasteiger partial charge in [0.05, 0.1) is 5.52 Å². The maximum Gasteiger partial charge on any atom is 0.305 e. The SMILES string of the molecule is CCC(=O)OCC1CCC(c2c[nH]c3c(N)ncnc23)N1. The monoisotopic (exact) mass is 289 g/mol. The van der Waals surface area contributed by atoms with Crippen LogP contribution in [0.4, 0.5) is 5.82 Å². The quantitative estimate of drug-likeness (QED) is 0.732. The van der Waals surface area contributed by atoms with E-state index in [-0.39, 0.29) is 18.1 Å². The smallest absolute Gasteiger partial charge is 0.305 e. The molecule has 4 N–H and O–H groups in total. The number of hydrogen-bond acceptors (Lipinski definition) is 6. The van der Waals surface area contributed by atoms with Crippen molar-refractivity contribution in [3.05, 3.63) is 18.1 Å². The summed E-state index contributed by atoms with van der Waals surface area (Å²) in [5.41, 5.74) is 8.54. The van der Waals surface area contributed by atoms with E-state index in [2.05, 4.69) is 20.3 Å². The van der Waals surface area contributed by atoms with E-state index in [9.17, 15) is 4.79 Å². The van der Waals surface area contributed by atoms with E-state index in [1.54, 1.807) is 6.92 Å². The first-order valence-electron chi connectivity index (χ1n) is 7.18. The first-order chi connectivity index (χ1) is 10.2. The maximum absolute atomic E-state index is 11.2. The van der Waals surface area contributed by atoms with Crippen molar-refractivity contribution in [1.29, 1.82) is 0 Å². The Labute approximate surface area is 122 Å². The summed E-state index contributed by atoms with van der Waals surface area (Å²) in [6.07, 6.45) is 5.76. The molecule has 112 valence electrons. The molecule has 1 aliphatic heterocycles. The van der Waals surface area contributed by atoms with Crippen LogP contribution in [0.3, 0.4) is 0 Å². The lowest BCUT2D eigenvalue weighted by molar-refractivity contribution is -0.143. The lowest BCUT2D eigenvalue weighted by atomic mass is 10.1. The number of aromatic amines is 1. The number of nitrogen functional groups attached to an aromatic ring is 1. The normalized spacial score (nSPS) is 21.8. The molecule has 0 radical (unpaired) electrons. The number of hydrogen-bond donors (Lipinski definition) is 3. The summed E-state index contributed by atoms with van der Waals surface area (Å²) in [6, 6.07) is 0.382. The predicted molar refractivity (Wildman–Crippen MR) is 78.4 cm³/mol. The standard InChI is InChI=1S/C14H19N5O2/c1-2-11(20)21-6-8-3-4-10(19-8)9-5-16-13-12(9)17-7-18-14(13)15/h5,7-8,10,16,19H,2-4,6H2,1H3,(H2,15,17,18). The minimum Gasteiger partial charge on any atom is -0.464 e. The number of ether oxygens (including phenoxy) is 1. The number of rotatable bonds is 4. The minimum absolute atomic E-state index is 0.159. The summed E-state index contributed by atoms with van der Waals surface area (Å²) in [6.45, 7) is 2.21. The summed E-state index contributed by atoms with van der Waals surface area (Å²) in [7, 11) is 0. The lowest BCUT2D eigenvalue weighted by Crippen LogP contribution is -2.29. The molecule has 1 saturated heterocycles. The number of nitrogens with two attached hydrogens (primary N) is 1. The van der Waals surface area contributed by atoms with Gasteiger partial charge in [-0.2, -0.15) is 0 Å². The first-order valence-corrected chi connectivity index (χ1v) is 7.18. The van der Waals surface area contributed by atoms with Gasteiger partial charge in [0.25, 0.3) is 0 Å². The van der Waals surface area contributed by atoms with Gasteiger partial charge in [-0.15, -0.1) is 0 Å². The molecule has 0 saturated carbocycles.